The summed E-state index contributed by atoms with van der Waals surface area (Å²) in [5.41, 5.74) is 6.48. The molecule has 0 bridgehead atoms. The smallest absolute Gasteiger partial charge is 0.194 e. The molecule has 2 rings (SSSR count). The number of aryl methyl sites for hydroxylation is 1. The van der Waals surface area contributed by atoms with Crippen LogP contribution in [-0.4, -0.2) is 11.5 Å². The fourth-order valence-electron chi connectivity index (χ4n) is 1.42. The molecule has 0 aliphatic carbocycles. The highest BCUT2D eigenvalue weighted by Crippen LogP contribution is 2.19. The van der Waals surface area contributed by atoms with E-state index in [1.807, 2.05) is 30.3 Å². The maximum Gasteiger partial charge on any atom is 0.194 e. The predicted octanol–water partition coefficient (Wildman–Crippen LogP) is 2.23. The molecule has 0 fully saturated rings. The minimum absolute atomic E-state index is 0.670. The third-order valence-corrected chi connectivity index (χ3v) is 2.21. The molecule has 0 unspecified atom stereocenters. The maximum absolute atomic E-state index is 5.61. The van der Waals surface area contributed by atoms with Crippen LogP contribution in [0.1, 0.15) is 12.3 Å². The number of aromatic nitrogens is 1. The average Bonchev–Trinajstić information content (AvgIpc) is 2.76. The topological polar surface area (TPSA) is 52.0 Å². The predicted molar refractivity (Wildman–Crippen MR) is 59.3 cm³/mol. The van der Waals surface area contributed by atoms with Gasteiger partial charge in [0.25, 0.3) is 0 Å². The van der Waals surface area contributed by atoms with Crippen LogP contribution >= 0.6 is 0 Å². The van der Waals surface area contributed by atoms with Crippen LogP contribution in [0.5, 0.6) is 0 Å². The van der Waals surface area contributed by atoms with Crippen LogP contribution in [0.2, 0.25) is 0 Å². The van der Waals surface area contributed by atoms with Crippen LogP contribution in [0, 0.1) is 0 Å². The molecule has 0 saturated carbocycles. The molecule has 78 valence electrons. The lowest BCUT2D eigenvalue weighted by molar-refractivity contribution is 0.499. The van der Waals surface area contributed by atoms with Gasteiger partial charge < -0.3 is 10.2 Å². The van der Waals surface area contributed by atoms with E-state index in [9.17, 15) is 0 Å². The minimum Gasteiger partial charge on any atom is -0.441 e. The first-order chi connectivity index (χ1) is 7.40. The average molecular weight is 202 g/mol. The van der Waals surface area contributed by atoms with Crippen LogP contribution in [0.3, 0.4) is 0 Å². The molecule has 3 nitrogen and oxygen atoms in total. The first-order valence-corrected chi connectivity index (χ1v) is 5.10. The van der Waals surface area contributed by atoms with Crippen molar-refractivity contribution in [2.45, 2.75) is 12.8 Å². The van der Waals surface area contributed by atoms with E-state index >= 15 is 0 Å². The van der Waals surface area contributed by atoms with E-state index in [2.05, 4.69) is 4.98 Å². The van der Waals surface area contributed by atoms with Crippen LogP contribution < -0.4 is 5.73 Å². The highest BCUT2D eigenvalue weighted by atomic mass is 16.4. The zero-order valence-corrected chi connectivity index (χ0v) is 8.52. The van der Waals surface area contributed by atoms with Gasteiger partial charge in [-0.3, -0.25) is 0 Å². The third kappa shape index (κ3) is 2.44. The van der Waals surface area contributed by atoms with Gasteiger partial charge in [0.05, 0.1) is 6.20 Å². The fraction of sp³-hybridized carbons (Fsp3) is 0.250. The van der Waals surface area contributed by atoms with Crippen molar-refractivity contribution in [3.05, 3.63) is 42.4 Å². The van der Waals surface area contributed by atoms with E-state index in [4.69, 9.17) is 10.2 Å². The molecule has 0 saturated heterocycles. The normalized spacial score (nSPS) is 10.5. The molecule has 15 heavy (non-hydrogen) atoms. The highest BCUT2D eigenvalue weighted by molar-refractivity contribution is 5.55. The monoisotopic (exact) mass is 202 g/mol. The molecule has 1 aromatic heterocycles. The summed E-state index contributed by atoms with van der Waals surface area (Å²) in [4.78, 5) is 4.21. The molecule has 2 N–H and O–H groups in total. The van der Waals surface area contributed by atoms with E-state index < -0.39 is 0 Å². The molecular weight excluding hydrogens is 188 g/mol. The Morgan fingerprint density at radius 3 is 2.73 bits per heavy atom. The molecular formula is C12H14N2O. The Balaban J connectivity index is 2.14. The number of nitrogens with zero attached hydrogens (tertiary/aromatic N) is 1. The number of benzene rings is 1. The summed E-state index contributed by atoms with van der Waals surface area (Å²) >= 11 is 0. The quantitative estimate of drug-likeness (QED) is 0.827. The SMILES string of the molecule is NCCCc1ncc(-c2ccccc2)o1. The van der Waals surface area contributed by atoms with Gasteiger partial charge in [-0.2, -0.15) is 0 Å². The molecule has 1 aromatic carbocycles. The second kappa shape index (κ2) is 4.75. The minimum atomic E-state index is 0.670. The van der Waals surface area contributed by atoms with Gasteiger partial charge in [-0.15, -0.1) is 0 Å². The van der Waals surface area contributed by atoms with Crippen LogP contribution in [0.25, 0.3) is 11.3 Å². The second-order valence-corrected chi connectivity index (χ2v) is 3.38. The summed E-state index contributed by atoms with van der Waals surface area (Å²) < 4.78 is 5.61. The van der Waals surface area contributed by atoms with Crippen molar-refractivity contribution >= 4 is 0 Å². The summed E-state index contributed by atoms with van der Waals surface area (Å²) in [7, 11) is 0. The number of rotatable bonds is 4. The van der Waals surface area contributed by atoms with Gasteiger partial charge in [-0.25, -0.2) is 4.98 Å². The van der Waals surface area contributed by atoms with Crippen molar-refractivity contribution in [3.8, 4) is 11.3 Å². The van der Waals surface area contributed by atoms with E-state index in [0.717, 1.165) is 30.1 Å². The molecule has 1 heterocycles. The molecule has 0 radical (unpaired) electrons. The van der Waals surface area contributed by atoms with Crippen LogP contribution in [0.4, 0.5) is 0 Å². The van der Waals surface area contributed by atoms with E-state index in [-0.39, 0.29) is 0 Å². The molecule has 3 heteroatoms. The van der Waals surface area contributed by atoms with Gasteiger partial charge in [0.2, 0.25) is 0 Å². The molecule has 0 amide bonds. The number of oxazole rings is 1. The molecule has 2 aromatic rings. The van der Waals surface area contributed by atoms with Crippen molar-refractivity contribution in [1.29, 1.82) is 0 Å². The van der Waals surface area contributed by atoms with Crippen molar-refractivity contribution in [2.75, 3.05) is 6.54 Å². The lowest BCUT2D eigenvalue weighted by atomic mass is 10.2. The Labute approximate surface area is 88.9 Å². The van der Waals surface area contributed by atoms with Crippen molar-refractivity contribution < 1.29 is 4.42 Å². The van der Waals surface area contributed by atoms with Gasteiger partial charge in [0.1, 0.15) is 0 Å². The Morgan fingerprint density at radius 1 is 1.20 bits per heavy atom. The summed E-state index contributed by atoms with van der Waals surface area (Å²) in [6, 6.07) is 9.96. The van der Waals surface area contributed by atoms with Crippen LogP contribution in [0.15, 0.2) is 40.9 Å². The zero-order valence-electron chi connectivity index (χ0n) is 8.52. The number of nitrogens with two attached hydrogens (primary N) is 1. The highest BCUT2D eigenvalue weighted by Gasteiger charge is 2.04. The van der Waals surface area contributed by atoms with Gasteiger partial charge >= 0.3 is 0 Å². The fourth-order valence-corrected chi connectivity index (χ4v) is 1.42. The van der Waals surface area contributed by atoms with Crippen molar-refractivity contribution in [3.63, 3.8) is 0 Å². The second-order valence-electron chi connectivity index (χ2n) is 3.38. The Kier molecular flexibility index (Phi) is 3.15. The first-order valence-electron chi connectivity index (χ1n) is 5.10. The van der Waals surface area contributed by atoms with E-state index in [1.165, 1.54) is 0 Å². The van der Waals surface area contributed by atoms with E-state index in [0.29, 0.717) is 6.54 Å². The summed E-state index contributed by atoms with van der Waals surface area (Å²) in [6.07, 6.45) is 3.49. The van der Waals surface area contributed by atoms with Gasteiger partial charge in [0.15, 0.2) is 11.7 Å². The molecule has 0 aliphatic heterocycles. The number of hydrogen-bond donors (Lipinski definition) is 1. The summed E-state index contributed by atoms with van der Waals surface area (Å²) in [6.45, 7) is 0.670. The number of hydrogen-bond acceptors (Lipinski definition) is 3. The molecule has 0 atom stereocenters. The maximum atomic E-state index is 5.61. The zero-order chi connectivity index (χ0) is 10.5. The summed E-state index contributed by atoms with van der Waals surface area (Å²) in [5.74, 6) is 1.59. The standard InChI is InChI=1S/C12H14N2O/c13-8-4-7-12-14-9-11(15-12)10-5-2-1-3-6-10/h1-3,5-6,9H,4,7-8,13H2. The van der Waals surface area contributed by atoms with Gasteiger partial charge in [-0.05, 0) is 13.0 Å². The lowest BCUT2D eigenvalue weighted by Crippen LogP contribution is -2.00. The molecule has 0 aliphatic rings. The lowest BCUT2D eigenvalue weighted by Gasteiger charge is -1.94. The largest absolute Gasteiger partial charge is 0.441 e. The van der Waals surface area contributed by atoms with Gasteiger partial charge in [0, 0.05) is 12.0 Å². The Morgan fingerprint density at radius 2 is 2.00 bits per heavy atom. The Bertz CT molecular complexity index is 409. The van der Waals surface area contributed by atoms with Crippen LogP contribution in [-0.2, 0) is 6.42 Å². The Hall–Kier alpha value is -1.61. The molecule has 0 spiro atoms. The summed E-state index contributed by atoms with van der Waals surface area (Å²) in [5, 5.41) is 0. The van der Waals surface area contributed by atoms with Crippen molar-refractivity contribution in [1.82, 2.24) is 4.98 Å². The third-order valence-electron chi connectivity index (χ3n) is 2.21. The van der Waals surface area contributed by atoms with Crippen molar-refractivity contribution in [2.24, 2.45) is 5.73 Å². The first kappa shape index (κ1) is 9.93. The van der Waals surface area contributed by atoms with E-state index in [1.54, 1.807) is 6.20 Å². The van der Waals surface area contributed by atoms with Gasteiger partial charge in [-0.1, -0.05) is 30.3 Å².